The quantitative estimate of drug-likeness (QED) is 0.785. The van der Waals surface area contributed by atoms with Crippen molar-refractivity contribution in [3.63, 3.8) is 0 Å². The van der Waals surface area contributed by atoms with Crippen molar-refractivity contribution in [1.29, 1.82) is 0 Å². The van der Waals surface area contributed by atoms with E-state index < -0.39 is 0 Å². The van der Waals surface area contributed by atoms with Crippen molar-refractivity contribution in [2.45, 2.75) is 37.8 Å². The van der Waals surface area contributed by atoms with E-state index in [9.17, 15) is 0 Å². The number of rotatable bonds is 3. The summed E-state index contributed by atoms with van der Waals surface area (Å²) in [4.78, 5) is 4.40. The van der Waals surface area contributed by atoms with Crippen molar-refractivity contribution < 1.29 is 0 Å². The molecule has 1 saturated carbocycles. The van der Waals surface area contributed by atoms with Crippen molar-refractivity contribution in [2.75, 3.05) is 18.4 Å². The predicted molar refractivity (Wildman–Crippen MR) is 60.0 cm³/mol. The fraction of sp³-hybridized carbons (Fsp3) is 0.727. The van der Waals surface area contributed by atoms with E-state index in [1.807, 2.05) is 6.20 Å². The van der Waals surface area contributed by atoms with Gasteiger partial charge < -0.3 is 15.2 Å². The molecule has 0 atom stereocenters. The molecule has 2 heterocycles. The molecule has 1 aromatic heterocycles. The molecule has 1 aliphatic carbocycles. The zero-order chi connectivity index (χ0) is 10.1. The van der Waals surface area contributed by atoms with Gasteiger partial charge in [-0.2, -0.15) is 0 Å². The Balaban J connectivity index is 1.67. The Morgan fingerprint density at radius 2 is 2.07 bits per heavy atom. The molecule has 2 fully saturated rings. The second-order valence-electron chi connectivity index (χ2n) is 4.56. The van der Waals surface area contributed by atoms with Crippen LogP contribution in [-0.2, 0) is 0 Å². The molecule has 0 spiro atoms. The molecular formula is C11H18N4. The standard InChI is InChI=1S/C11H18N4/c1-2-10(1)15-8-7-13-11(15)14-9-3-5-12-6-4-9/h7-10,12H,1-6H2,(H,13,14). The Morgan fingerprint density at radius 1 is 1.27 bits per heavy atom. The summed E-state index contributed by atoms with van der Waals surface area (Å²) in [6.07, 6.45) is 9.05. The Morgan fingerprint density at radius 3 is 2.80 bits per heavy atom. The third-order valence-electron chi connectivity index (χ3n) is 3.28. The summed E-state index contributed by atoms with van der Waals surface area (Å²) in [6, 6.07) is 1.32. The van der Waals surface area contributed by atoms with Crippen LogP contribution in [0.2, 0.25) is 0 Å². The minimum atomic E-state index is 0.603. The maximum atomic E-state index is 4.40. The molecule has 2 N–H and O–H groups in total. The van der Waals surface area contributed by atoms with E-state index in [4.69, 9.17) is 0 Å². The maximum absolute atomic E-state index is 4.40. The lowest BCUT2D eigenvalue weighted by Gasteiger charge is -2.24. The van der Waals surface area contributed by atoms with Gasteiger partial charge in [-0.25, -0.2) is 4.98 Å². The molecule has 0 radical (unpaired) electrons. The third kappa shape index (κ3) is 2.00. The largest absolute Gasteiger partial charge is 0.353 e. The van der Waals surface area contributed by atoms with Gasteiger partial charge in [-0.05, 0) is 38.8 Å². The highest BCUT2D eigenvalue weighted by atomic mass is 15.2. The second-order valence-corrected chi connectivity index (χ2v) is 4.56. The SMILES string of the molecule is c1cn(C2CC2)c(NC2CCNCC2)n1. The Hall–Kier alpha value is -1.03. The van der Waals surface area contributed by atoms with Crippen LogP contribution in [0.25, 0.3) is 0 Å². The summed E-state index contributed by atoms with van der Waals surface area (Å²) in [5.41, 5.74) is 0. The lowest BCUT2D eigenvalue weighted by atomic mass is 10.1. The van der Waals surface area contributed by atoms with Crippen LogP contribution in [-0.4, -0.2) is 28.7 Å². The van der Waals surface area contributed by atoms with Gasteiger partial charge in [-0.15, -0.1) is 0 Å². The number of hydrogen-bond donors (Lipinski definition) is 2. The van der Waals surface area contributed by atoms with Crippen LogP contribution >= 0.6 is 0 Å². The van der Waals surface area contributed by atoms with E-state index >= 15 is 0 Å². The first-order valence-electron chi connectivity index (χ1n) is 5.93. The van der Waals surface area contributed by atoms with Gasteiger partial charge >= 0.3 is 0 Å². The zero-order valence-electron chi connectivity index (χ0n) is 8.95. The number of nitrogens with zero attached hydrogens (tertiary/aromatic N) is 2. The van der Waals surface area contributed by atoms with Crippen LogP contribution in [0.3, 0.4) is 0 Å². The minimum absolute atomic E-state index is 0.603. The summed E-state index contributed by atoms with van der Waals surface area (Å²) in [5, 5.41) is 6.94. The van der Waals surface area contributed by atoms with E-state index in [1.54, 1.807) is 0 Å². The van der Waals surface area contributed by atoms with Crippen molar-refractivity contribution in [1.82, 2.24) is 14.9 Å². The summed E-state index contributed by atoms with van der Waals surface area (Å²) >= 11 is 0. The molecule has 0 unspecified atom stereocenters. The summed E-state index contributed by atoms with van der Waals surface area (Å²) in [5.74, 6) is 1.07. The topological polar surface area (TPSA) is 41.9 Å². The summed E-state index contributed by atoms with van der Waals surface area (Å²) in [7, 11) is 0. The van der Waals surface area contributed by atoms with Crippen molar-refractivity contribution in [3.8, 4) is 0 Å². The predicted octanol–water partition coefficient (Wildman–Crippen LogP) is 1.38. The maximum Gasteiger partial charge on any atom is 0.203 e. The van der Waals surface area contributed by atoms with Crippen molar-refractivity contribution in [2.24, 2.45) is 0 Å². The molecule has 15 heavy (non-hydrogen) atoms. The average Bonchev–Trinajstić information content (AvgIpc) is 3.02. The molecule has 1 aromatic rings. The second kappa shape index (κ2) is 3.85. The lowest BCUT2D eigenvalue weighted by Crippen LogP contribution is -2.35. The smallest absolute Gasteiger partial charge is 0.203 e. The fourth-order valence-electron chi connectivity index (χ4n) is 2.22. The molecule has 0 aromatic carbocycles. The van der Waals surface area contributed by atoms with E-state index in [0.29, 0.717) is 6.04 Å². The van der Waals surface area contributed by atoms with Crippen LogP contribution in [0.4, 0.5) is 5.95 Å². The van der Waals surface area contributed by atoms with Gasteiger partial charge in [-0.3, -0.25) is 0 Å². The van der Waals surface area contributed by atoms with E-state index in [-0.39, 0.29) is 0 Å². The van der Waals surface area contributed by atoms with E-state index in [2.05, 4.69) is 26.4 Å². The lowest BCUT2D eigenvalue weighted by molar-refractivity contribution is 0.475. The van der Waals surface area contributed by atoms with Gasteiger partial charge in [0.1, 0.15) is 0 Å². The average molecular weight is 206 g/mol. The highest BCUT2D eigenvalue weighted by Crippen LogP contribution is 2.36. The number of aromatic nitrogens is 2. The molecular weight excluding hydrogens is 188 g/mol. The van der Waals surface area contributed by atoms with Gasteiger partial charge in [0.15, 0.2) is 0 Å². The summed E-state index contributed by atoms with van der Waals surface area (Å²) in [6.45, 7) is 2.25. The first-order chi connectivity index (χ1) is 7.43. The normalized spacial score (nSPS) is 22.9. The van der Waals surface area contributed by atoms with Crippen LogP contribution in [0.1, 0.15) is 31.7 Å². The van der Waals surface area contributed by atoms with Gasteiger partial charge in [0, 0.05) is 24.5 Å². The molecule has 0 amide bonds. The van der Waals surface area contributed by atoms with Crippen LogP contribution in [0.15, 0.2) is 12.4 Å². The summed E-state index contributed by atoms with van der Waals surface area (Å²) < 4.78 is 2.29. The van der Waals surface area contributed by atoms with Crippen LogP contribution in [0, 0.1) is 0 Å². The molecule has 2 aliphatic rings. The number of hydrogen-bond acceptors (Lipinski definition) is 3. The van der Waals surface area contributed by atoms with Crippen molar-refractivity contribution in [3.05, 3.63) is 12.4 Å². The zero-order valence-corrected chi connectivity index (χ0v) is 8.95. The third-order valence-corrected chi connectivity index (χ3v) is 3.28. The van der Waals surface area contributed by atoms with Gasteiger partial charge in [0.2, 0.25) is 5.95 Å². The number of anilines is 1. The van der Waals surface area contributed by atoms with Crippen LogP contribution in [0.5, 0.6) is 0 Å². The first-order valence-corrected chi connectivity index (χ1v) is 5.93. The molecule has 1 aliphatic heterocycles. The van der Waals surface area contributed by atoms with E-state index in [1.165, 1.54) is 25.7 Å². The number of imidazole rings is 1. The van der Waals surface area contributed by atoms with Gasteiger partial charge in [0.05, 0.1) is 0 Å². The Labute approximate surface area is 90.1 Å². The molecule has 3 rings (SSSR count). The van der Waals surface area contributed by atoms with Crippen LogP contribution < -0.4 is 10.6 Å². The first kappa shape index (κ1) is 9.21. The number of piperidine rings is 1. The highest BCUT2D eigenvalue weighted by molar-refractivity contribution is 5.29. The molecule has 82 valence electrons. The highest BCUT2D eigenvalue weighted by Gasteiger charge is 2.26. The van der Waals surface area contributed by atoms with Crippen molar-refractivity contribution >= 4 is 5.95 Å². The Kier molecular flexibility index (Phi) is 2.37. The fourth-order valence-corrected chi connectivity index (χ4v) is 2.22. The molecule has 4 heteroatoms. The monoisotopic (exact) mass is 206 g/mol. The number of nitrogens with one attached hydrogen (secondary N) is 2. The van der Waals surface area contributed by atoms with E-state index in [0.717, 1.165) is 25.1 Å². The van der Waals surface area contributed by atoms with Gasteiger partial charge in [-0.1, -0.05) is 0 Å². The minimum Gasteiger partial charge on any atom is -0.353 e. The molecule has 4 nitrogen and oxygen atoms in total. The molecule has 1 saturated heterocycles. The van der Waals surface area contributed by atoms with Gasteiger partial charge in [0.25, 0.3) is 0 Å². The Bertz CT molecular complexity index is 323. The molecule has 0 bridgehead atoms.